The summed E-state index contributed by atoms with van der Waals surface area (Å²) in [6, 6.07) is 19.0. The van der Waals surface area contributed by atoms with Gasteiger partial charge in [0.15, 0.2) is 0 Å². The van der Waals surface area contributed by atoms with Gasteiger partial charge in [0, 0.05) is 22.2 Å². The van der Waals surface area contributed by atoms with Crippen LogP contribution in [0.1, 0.15) is 0 Å². The molecule has 17 heavy (non-hydrogen) atoms. The highest BCUT2D eigenvalue weighted by Crippen LogP contribution is 2.30. The summed E-state index contributed by atoms with van der Waals surface area (Å²) in [6.07, 6.45) is 4.34. The van der Waals surface area contributed by atoms with Crippen LogP contribution in [0.2, 0.25) is 0 Å². The number of benzene rings is 2. The molecule has 0 aliphatic rings. The summed E-state index contributed by atoms with van der Waals surface area (Å²) in [5.41, 5.74) is 2.48. The van der Waals surface area contributed by atoms with Crippen molar-refractivity contribution in [1.29, 1.82) is 0 Å². The molecule has 0 unspecified atom stereocenters. The average Bonchev–Trinajstić information content (AvgIpc) is 2.78. The van der Waals surface area contributed by atoms with Crippen molar-refractivity contribution in [3.63, 3.8) is 0 Å². The Morgan fingerprint density at radius 2 is 1.59 bits per heavy atom. The molecule has 1 aromatic heterocycles. The highest BCUT2D eigenvalue weighted by atomic mass is 32.2. The number of aromatic nitrogens is 1. The van der Waals surface area contributed by atoms with Crippen LogP contribution in [-0.4, -0.2) is 10.8 Å². The van der Waals surface area contributed by atoms with Gasteiger partial charge in [-0.25, -0.2) is 0 Å². The molecule has 0 amide bonds. The molecule has 0 saturated carbocycles. The van der Waals surface area contributed by atoms with Gasteiger partial charge in [-0.3, -0.25) is 0 Å². The van der Waals surface area contributed by atoms with Gasteiger partial charge >= 0.3 is 0 Å². The Hall–Kier alpha value is -1.67. The molecule has 2 aromatic carbocycles. The SMILES string of the molecule is CSc1cn(-c2ccccc2)c2ccccc12. The van der Waals surface area contributed by atoms with E-state index in [0.29, 0.717) is 0 Å². The summed E-state index contributed by atoms with van der Waals surface area (Å²) in [7, 11) is 0. The zero-order valence-corrected chi connectivity index (χ0v) is 10.4. The van der Waals surface area contributed by atoms with Crippen molar-refractivity contribution in [3.05, 3.63) is 60.8 Å². The standard InChI is InChI=1S/C15H13NS/c1-17-15-11-16(12-7-3-2-4-8-12)14-10-6-5-9-13(14)15/h2-11H,1H3. The van der Waals surface area contributed by atoms with Crippen LogP contribution in [0, 0.1) is 0 Å². The van der Waals surface area contributed by atoms with Crippen molar-refractivity contribution >= 4 is 22.7 Å². The van der Waals surface area contributed by atoms with Gasteiger partial charge in [-0.15, -0.1) is 11.8 Å². The monoisotopic (exact) mass is 239 g/mol. The van der Waals surface area contributed by atoms with Crippen molar-refractivity contribution < 1.29 is 0 Å². The molecule has 3 aromatic rings. The summed E-state index contributed by atoms with van der Waals surface area (Å²) in [5.74, 6) is 0. The minimum absolute atomic E-state index is 1.21. The number of thioether (sulfide) groups is 1. The van der Waals surface area contributed by atoms with E-state index in [2.05, 4.69) is 65.6 Å². The number of hydrogen-bond donors (Lipinski definition) is 0. The molecule has 0 bridgehead atoms. The molecule has 1 heterocycles. The van der Waals surface area contributed by atoms with Crippen molar-refractivity contribution in [1.82, 2.24) is 4.57 Å². The summed E-state index contributed by atoms with van der Waals surface area (Å²) >= 11 is 1.79. The molecule has 0 aliphatic heterocycles. The number of rotatable bonds is 2. The van der Waals surface area contributed by atoms with Crippen LogP contribution in [0.5, 0.6) is 0 Å². The first-order valence-electron chi connectivity index (χ1n) is 5.59. The first-order valence-corrected chi connectivity index (χ1v) is 6.82. The maximum absolute atomic E-state index is 2.25. The Kier molecular flexibility index (Phi) is 2.65. The fourth-order valence-electron chi connectivity index (χ4n) is 2.11. The minimum atomic E-state index is 1.21. The molecule has 2 heteroatoms. The lowest BCUT2D eigenvalue weighted by Gasteiger charge is -2.04. The van der Waals surface area contributed by atoms with Gasteiger partial charge < -0.3 is 4.57 Å². The van der Waals surface area contributed by atoms with E-state index in [1.165, 1.54) is 21.5 Å². The normalized spacial score (nSPS) is 10.9. The van der Waals surface area contributed by atoms with Crippen molar-refractivity contribution in [2.45, 2.75) is 4.90 Å². The van der Waals surface area contributed by atoms with E-state index in [0.717, 1.165) is 0 Å². The topological polar surface area (TPSA) is 4.93 Å². The Bertz CT molecular complexity index is 640. The van der Waals surface area contributed by atoms with E-state index in [-0.39, 0.29) is 0 Å². The van der Waals surface area contributed by atoms with Crippen LogP contribution in [0.25, 0.3) is 16.6 Å². The van der Waals surface area contributed by atoms with E-state index >= 15 is 0 Å². The number of hydrogen-bond acceptors (Lipinski definition) is 1. The molecule has 3 rings (SSSR count). The minimum Gasteiger partial charge on any atom is -0.315 e. The molecule has 0 spiro atoms. The molecule has 0 aliphatic carbocycles. The third kappa shape index (κ3) is 1.75. The van der Waals surface area contributed by atoms with Gasteiger partial charge in [-0.05, 0) is 24.5 Å². The second-order valence-corrected chi connectivity index (χ2v) is 4.77. The van der Waals surface area contributed by atoms with Gasteiger partial charge in [0.05, 0.1) is 5.52 Å². The van der Waals surface area contributed by atoms with E-state index in [1.807, 2.05) is 6.07 Å². The smallest absolute Gasteiger partial charge is 0.0540 e. The van der Waals surface area contributed by atoms with E-state index in [4.69, 9.17) is 0 Å². The fraction of sp³-hybridized carbons (Fsp3) is 0.0667. The van der Waals surface area contributed by atoms with Crippen LogP contribution in [0.15, 0.2) is 65.7 Å². The highest BCUT2D eigenvalue weighted by Gasteiger charge is 2.07. The average molecular weight is 239 g/mol. The summed E-state index contributed by atoms with van der Waals surface area (Å²) in [4.78, 5) is 1.32. The summed E-state index contributed by atoms with van der Waals surface area (Å²) in [6.45, 7) is 0. The van der Waals surface area contributed by atoms with Crippen molar-refractivity contribution in [3.8, 4) is 5.69 Å². The van der Waals surface area contributed by atoms with E-state index in [9.17, 15) is 0 Å². The number of nitrogens with zero attached hydrogens (tertiary/aromatic N) is 1. The van der Waals surface area contributed by atoms with Crippen LogP contribution >= 0.6 is 11.8 Å². The largest absolute Gasteiger partial charge is 0.315 e. The Labute approximate surface area is 105 Å². The molecule has 0 N–H and O–H groups in total. The maximum atomic E-state index is 2.25. The third-order valence-electron chi connectivity index (χ3n) is 2.93. The van der Waals surface area contributed by atoms with Crippen LogP contribution in [0.3, 0.4) is 0 Å². The molecular weight excluding hydrogens is 226 g/mol. The Balaban J connectivity index is 2.31. The molecular formula is C15H13NS. The van der Waals surface area contributed by atoms with Crippen LogP contribution < -0.4 is 0 Å². The van der Waals surface area contributed by atoms with Gasteiger partial charge in [0.1, 0.15) is 0 Å². The molecule has 0 atom stereocenters. The van der Waals surface area contributed by atoms with Crippen LogP contribution in [-0.2, 0) is 0 Å². The molecule has 0 fully saturated rings. The molecule has 0 radical (unpaired) electrons. The Morgan fingerprint density at radius 1 is 0.882 bits per heavy atom. The van der Waals surface area contributed by atoms with Crippen molar-refractivity contribution in [2.75, 3.05) is 6.26 Å². The van der Waals surface area contributed by atoms with Gasteiger partial charge in [-0.2, -0.15) is 0 Å². The Morgan fingerprint density at radius 3 is 2.35 bits per heavy atom. The lowest BCUT2D eigenvalue weighted by Crippen LogP contribution is -1.90. The predicted molar refractivity (Wildman–Crippen MR) is 75.1 cm³/mol. The number of para-hydroxylation sites is 2. The summed E-state index contributed by atoms with van der Waals surface area (Å²) < 4.78 is 2.25. The molecule has 84 valence electrons. The molecule has 1 nitrogen and oxygen atoms in total. The lowest BCUT2D eigenvalue weighted by atomic mass is 10.2. The van der Waals surface area contributed by atoms with E-state index in [1.54, 1.807) is 11.8 Å². The zero-order chi connectivity index (χ0) is 11.7. The second-order valence-electron chi connectivity index (χ2n) is 3.92. The van der Waals surface area contributed by atoms with E-state index < -0.39 is 0 Å². The maximum Gasteiger partial charge on any atom is 0.0540 e. The summed E-state index contributed by atoms with van der Waals surface area (Å²) in [5, 5.41) is 1.32. The predicted octanol–water partition coefficient (Wildman–Crippen LogP) is 4.35. The number of fused-ring (bicyclic) bond motifs is 1. The fourth-order valence-corrected chi connectivity index (χ4v) is 2.72. The van der Waals surface area contributed by atoms with Crippen molar-refractivity contribution in [2.24, 2.45) is 0 Å². The quantitative estimate of drug-likeness (QED) is 0.602. The highest BCUT2D eigenvalue weighted by molar-refractivity contribution is 7.98. The zero-order valence-electron chi connectivity index (χ0n) is 9.63. The van der Waals surface area contributed by atoms with Crippen LogP contribution in [0.4, 0.5) is 0 Å². The third-order valence-corrected chi connectivity index (χ3v) is 3.69. The second kappa shape index (κ2) is 4.30. The van der Waals surface area contributed by atoms with Gasteiger partial charge in [0.2, 0.25) is 0 Å². The first-order chi connectivity index (χ1) is 8.40. The molecule has 0 saturated heterocycles. The lowest BCUT2D eigenvalue weighted by molar-refractivity contribution is 1.11. The van der Waals surface area contributed by atoms with Gasteiger partial charge in [0.25, 0.3) is 0 Å². The van der Waals surface area contributed by atoms with Gasteiger partial charge in [-0.1, -0.05) is 36.4 Å². The first kappa shape index (κ1) is 10.5.